The van der Waals surface area contributed by atoms with Gasteiger partial charge in [-0.15, -0.1) is 0 Å². The van der Waals surface area contributed by atoms with Gasteiger partial charge in [0, 0.05) is 11.6 Å². The Kier molecular flexibility index (Phi) is 2.16. The predicted octanol–water partition coefficient (Wildman–Crippen LogP) is 1.95. The zero-order chi connectivity index (χ0) is 11.1. The van der Waals surface area contributed by atoms with Crippen molar-refractivity contribution in [3.63, 3.8) is 0 Å². The minimum absolute atomic E-state index is 0.0267. The lowest BCUT2D eigenvalue weighted by Gasteiger charge is -2.05. The Balaban J connectivity index is 2.88. The first kappa shape index (κ1) is 9.98. The number of sulfone groups is 1. The Morgan fingerprint density at radius 1 is 1.07 bits per heavy atom. The maximum atomic E-state index is 11.3. The summed E-state index contributed by atoms with van der Waals surface area (Å²) in [5.41, 5.74) is 0. The first-order valence-corrected chi connectivity index (χ1v) is 6.30. The molecule has 0 amide bonds. The summed E-state index contributed by atoms with van der Waals surface area (Å²) in [6.07, 6.45) is 1.08. The van der Waals surface area contributed by atoms with E-state index in [1.54, 1.807) is 18.2 Å². The number of hydrogen-bond donors (Lipinski definition) is 1. The highest BCUT2D eigenvalue weighted by atomic mass is 32.2. The zero-order valence-electron chi connectivity index (χ0n) is 8.14. The number of aromatic hydroxyl groups is 1. The van der Waals surface area contributed by atoms with E-state index in [0.29, 0.717) is 5.39 Å². The smallest absolute Gasteiger partial charge is 0.179 e. The monoisotopic (exact) mass is 222 g/mol. The van der Waals surface area contributed by atoms with Gasteiger partial charge < -0.3 is 5.11 Å². The molecule has 4 heteroatoms. The Bertz CT molecular complexity index is 615. The maximum absolute atomic E-state index is 11.3. The molecule has 0 fully saturated rings. The minimum atomic E-state index is -3.37. The number of phenols is 1. The van der Waals surface area contributed by atoms with Gasteiger partial charge in [0.2, 0.25) is 0 Å². The SMILES string of the molecule is CS(=O)(=O)c1ccc2ccccc2c1O. The normalized spacial score (nSPS) is 11.8. The molecule has 78 valence electrons. The van der Waals surface area contributed by atoms with E-state index in [4.69, 9.17) is 0 Å². The third-order valence-corrected chi connectivity index (χ3v) is 3.39. The van der Waals surface area contributed by atoms with Crippen LogP contribution in [-0.2, 0) is 9.84 Å². The van der Waals surface area contributed by atoms with Crippen LogP contribution in [0.15, 0.2) is 41.3 Å². The van der Waals surface area contributed by atoms with Crippen LogP contribution in [0.1, 0.15) is 0 Å². The van der Waals surface area contributed by atoms with Gasteiger partial charge >= 0.3 is 0 Å². The van der Waals surface area contributed by atoms with Crippen LogP contribution in [0.3, 0.4) is 0 Å². The van der Waals surface area contributed by atoms with E-state index in [1.165, 1.54) is 6.07 Å². The van der Waals surface area contributed by atoms with Gasteiger partial charge in [0.05, 0.1) is 0 Å². The Labute approximate surface area is 87.9 Å². The first-order valence-electron chi connectivity index (χ1n) is 4.41. The molecule has 0 spiro atoms. The van der Waals surface area contributed by atoms with E-state index in [2.05, 4.69) is 0 Å². The van der Waals surface area contributed by atoms with Crippen molar-refractivity contribution in [2.75, 3.05) is 6.26 Å². The van der Waals surface area contributed by atoms with Gasteiger partial charge in [-0.25, -0.2) is 8.42 Å². The molecule has 0 aromatic heterocycles. The van der Waals surface area contributed by atoms with Gasteiger partial charge in [-0.05, 0) is 11.5 Å². The van der Waals surface area contributed by atoms with Crippen molar-refractivity contribution in [3.8, 4) is 5.75 Å². The van der Waals surface area contributed by atoms with Crippen molar-refractivity contribution in [1.29, 1.82) is 0 Å². The second kappa shape index (κ2) is 3.24. The van der Waals surface area contributed by atoms with Crippen LogP contribution in [0.5, 0.6) is 5.75 Å². The molecule has 0 unspecified atom stereocenters. The van der Waals surface area contributed by atoms with Gasteiger partial charge in [-0.1, -0.05) is 30.3 Å². The summed E-state index contributed by atoms with van der Waals surface area (Å²) in [6.45, 7) is 0. The maximum Gasteiger partial charge on any atom is 0.179 e. The van der Waals surface area contributed by atoms with Crippen molar-refractivity contribution in [1.82, 2.24) is 0 Å². The summed E-state index contributed by atoms with van der Waals surface area (Å²) in [7, 11) is -3.37. The largest absolute Gasteiger partial charge is 0.506 e. The average molecular weight is 222 g/mol. The summed E-state index contributed by atoms with van der Waals surface area (Å²) >= 11 is 0. The highest BCUT2D eigenvalue weighted by Gasteiger charge is 2.14. The topological polar surface area (TPSA) is 54.4 Å². The van der Waals surface area contributed by atoms with E-state index in [0.717, 1.165) is 11.6 Å². The second-order valence-corrected chi connectivity index (χ2v) is 5.39. The lowest BCUT2D eigenvalue weighted by Crippen LogP contribution is -1.97. The van der Waals surface area contributed by atoms with Gasteiger partial charge in [0.15, 0.2) is 9.84 Å². The number of phenolic OH excluding ortho intramolecular Hbond substituents is 1. The van der Waals surface area contributed by atoms with E-state index in [-0.39, 0.29) is 10.6 Å². The molecular weight excluding hydrogens is 212 g/mol. The number of rotatable bonds is 1. The van der Waals surface area contributed by atoms with Crippen molar-refractivity contribution in [2.24, 2.45) is 0 Å². The molecule has 0 aliphatic carbocycles. The molecule has 0 aliphatic heterocycles. The second-order valence-electron chi connectivity index (χ2n) is 3.41. The van der Waals surface area contributed by atoms with Crippen molar-refractivity contribution >= 4 is 20.6 Å². The van der Waals surface area contributed by atoms with E-state index < -0.39 is 9.84 Å². The lowest BCUT2D eigenvalue weighted by atomic mass is 10.1. The third kappa shape index (κ3) is 1.68. The van der Waals surface area contributed by atoms with Crippen LogP contribution in [0.25, 0.3) is 10.8 Å². The molecule has 0 atom stereocenters. The van der Waals surface area contributed by atoms with Crippen LogP contribution < -0.4 is 0 Å². The van der Waals surface area contributed by atoms with Crippen LogP contribution in [0.2, 0.25) is 0 Å². The molecule has 2 aromatic rings. The molecule has 15 heavy (non-hydrogen) atoms. The van der Waals surface area contributed by atoms with Crippen LogP contribution >= 0.6 is 0 Å². The Morgan fingerprint density at radius 3 is 2.40 bits per heavy atom. The van der Waals surface area contributed by atoms with Crippen molar-refractivity contribution < 1.29 is 13.5 Å². The molecule has 0 heterocycles. The molecule has 2 rings (SSSR count). The lowest BCUT2D eigenvalue weighted by molar-refractivity contribution is 0.465. The molecule has 0 saturated carbocycles. The molecular formula is C11H10O3S. The van der Waals surface area contributed by atoms with Gasteiger partial charge in [-0.2, -0.15) is 0 Å². The van der Waals surface area contributed by atoms with E-state index in [1.807, 2.05) is 12.1 Å². The summed E-state index contributed by atoms with van der Waals surface area (Å²) < 4.78 is 22.7. The Morgan fingerprint density at radius 2 is 1.73 bits per heavy atom. The first-order chi connectivity index (χ1) is 7.00. The highest BCUT2D eigenvalue weighted by molar-refractivity contribution is 7.90. The molecule has 0 saturated heterocycles. The fourth-order valence-corrected chi connectivity index (χ4v) is 2.31. The van der Waals surface area contributed by atoms with Gasteiger partial charge in [0.25, 0.3) is 0 Å². The van der Waals surface area contributed by atoms with Gasteiger partial charge in [-0.3, -0.25) is 0 Å². The molecule has 2 aromatic carbocycles. The van der Waals surface area contributed by atoms with Crippen molar-refractivity contribution in [3.05, 3.63) is 36.4 Å². The molecule has 0 bridgehead atoms. The van der Waals surface area contributed by atoms with E-state index >= 15 is 0 Å². The molecule has 1 N–H and O–H groups in total. The minimum Gasteiger partial charge on any atom is -0.506 e. The molecule has 3 nitrogen and oxygen atoms in total. The Hall–Kier alpha value is -1.55. The van der Waals surface area contributed by atoms with Crippen molar-refractivity contribution in [2.45, 2.75) is 4.90 Å². The van der Waals surface area contributed by atoms with Crippen LogP contribution in [0.4, 0.5) is 0 Å². The number of hydrogen-bond acceptors (Lipinski definition) is 3. The predicted molar refractivity (Wildman–Crippen MR) is 58.7 cm³/mol. The quantitative estimate of drug-likeness (QED) is 0.802. The zero-order valence-corrected chi connectivity index (χ0v) is 8.95. The summed E-state index contributed by atoms with van der Waals surface area (Å²) in [4.78, 5) is -0.0267. The summed E-state index contributed by atoms with van der Waals surface area (Å²) in [6, 6.07) is 10.2. The molecule has 0 aliphatic rings. The highest BCUT2D eigenvalue weighted by Crippen LogP contribution is 2.31. The summed E-state index contributed by atoms with van der Waals surface area (Å²) in [5, 5.41) is 11.2. The van der Waals surface area contributed by atoms with E-state index in [9.17, 15) is 13.5 Å². The molecule has 0 radical (unpaired) electrons. The fraction of sp³-hybridized carbons (Fsp3) is 0.0909. The average Bonchev–Trinajstić information content (AvgIpc) is 2.16. The number of benzene rings is 2. The summed E-state index contributed by atoms with van der Waals surface area (Å²) in [5.74, 6) is -0.171. The number of fused-ring (bicyclic) bond motifs is 1. The fourth-order valence-electron chi connectivity index (χ4n) is 1.53. The third-order valence-electron chi connectivity index (χ3n) is 2.26. The standard InChI is InChI=1S/C11H10O3S/c1-15(13,14)10-7-6-8-4-2-3-5-9(8)11(10)12/h2-7,12H,1H3. The van der Waals surface area contributed by atoms with Crippen LogP contribution in [-0.4, -0.2) is 19.8 Å². The van der Waals surface area contributed by atoms with Crippen LogP contribution in [0, 0.1) is 0 Å². The van der Waals surface area contributed by atoms with Gasteiger partial charge in [0.1, 0.15) is 10.6 Å².